The first-order chi connectivity index (χ1) is 4.81. The molecule has 0 saturated heterocycles. The normalized spacial score (nSPS) is 18.0. The zero-order chi connectivity index (χ0) is 9.12. The van der Waals surface area contributed by atoms with Crippen molar-refractivity contribution in [1.82, 2.24) is 0 Å². The summed E-state index contributed by atoms with van der Waals surface area (Å²) < 4.78 is 0. The van der Waals surface area contributed by atoms with Crippen LogP contribution in [0.25, 0.3) is 0 Å². The molecule has 1 atom stereocenters. The Balaban J connectivity index is 4.00. The SMILES string of the molecule is CC(C)(C)[Si](C)(Cl)CCCCl. The molecule has 0 rings (SSSR count). The molecular formula is C8H18Cl2Si. The standard InChI is InChI=1S/C8H18Cl2Si/c1-8(2,3)11(4,10)7-5-6-9/h5-7H2,1-4H3. The van der Waals surface area contributed by atoms with Crippen LogP contribution in [-0.2, 0) is 0 Å². The van der Waals surface area contributed by atoms with E-state index >= 15 is 0 Å². The number of hydrogen-bond donors (Lipinski definition) is 0. The zero-order valence-corrected chi connectivity index (χ0v) is 10.4. The van der Waals surface area contributed by atoms with Gasteiger partial charge in [-0.15, -0.1) is 11.6 Å². The molecule has 0 fully saturated rings. The molecule has 0 saturated carbocycles. The molecule has 0 nitrogen and oxygen atoms in total. The van der Waals surface area contributed by atoms with Crippen LogP contribution in [0.15, 0.2) is 0 Å². The highest BCUT2D eigenvalue weighted by molar-refractivity contribution is 7.21. The summed E-state index contributed by atoms with van der Waals surface area (Å²) in [6, 6.07) is 1.13. The first-order valence-electron chi connectivity index (χ1n) is 4.06. The van der Waals surface area contributed by atoms with E-state index in [2.05, 4.69) is 27.3 Å². The molecule has 0 bridgehead atoms. The smallest absolute Gasteiger partial charge is 0.158 e. The van der Waals surface area contributed by atoms with Crippen molar-refractivity contribution >= 4 is 30.1 Å². The zero-order valence-electron chi connectivity index (χ0n) is 7.88. The second kappa shape index (κ2) is 4.15. The van der Waals surface area contributed by atoms with Crippen LogP contribution in [0.4, 0.5) is 0 Å². The Bertz CT molecular complexity index is 116. The first-order valence-corrected chi connectivity index (χ1v) is 8.31. The molecule has 0 aliphatic heterocycles. The minimum Gasteiger partial charge on any atom is -0.167 e. The minimum absolute atomic E-state index is 0.292. The minimum atomic E-state index is -1.54. The van der Waals surface area contributed by atoms with E-state index in [-0.39, 0.29) is 0 Å². The second-order valence-corrected chi connectivity index (χ2v) is 11.5. The lowest BCUT2D eigenvalue weighted by Crippen LogP contribution is -2.34. The third kappa shape index (κ3) is 3.82. The summed E-state index contributed by atoms with van der Waals surface area (Å²) >= 11 is 12.1. The van der Waals surface area contributed by atoms with Crippen LogP contribution in [0.2, 0.25) is 17.6 Å². The van der Waals surface area contributed by atoms with Crippen LogP contribution in [0, 0.1) is 0 Å². The monoisotopic (exact) mass is 212 g/mol. The summed E-state index contributed by atoms with van der Waals surface area (Å²) in [6.45, 7) is 8.89. The number of rotatable bonds is 3. The summed E-state index contributed by atoms with van der Waals surface area (Å²) in [4.78, 5) is 0. The van der Waals surface area contributed by atoms with Gasteiger partial charge in [0.1, 0.15) is 0 Å². The number of alkyl halides is 1. The summed E-state index contributed by atoms with van der Waals surface area (Å²) in [7, 11) is -1.54. The van der Waals surface area contributed by atoms with Crippen molar-refractivity contribution in [2.24, 2.45) is 0 Å². The van der Waals surface area contributed by atoms with E-state index in [0.29, 0.717) is 5.04 Å². The fourth-order valence-electron chi connectivity index (χ4n) is 0.774. The van der Waals surface area contributed by atoms with Crippen molar-refractivity contribution < 1.29 is 0 Å². The predicted octanol–water partition coefficient (Wildman–Crippen LogP) is 4.23. The van der Waals surface area contributed by atoms with Crippen LogP contribution in [0.5, 0.6) is 0 Å². The predicted molar refractivity (Wildman–Crippen MR) is 57.3 cm³/mol. The molecule has 0 aromatic heterocycles. The summed E-state index contributed by atoms with van der Waals surface area (Å²) in [6.07, 6.45) is 1.06. The average Bonchev–Trinajstić information content (AvgIpc) is 1.81. The van der Waals surface area contributed by atoms with Gasteiger partial charge in [0.05, 0.1) is 0 Å². The molecule has 68 valence electrons. The van der Waals surface area contributed by atoms with Gasteiger partial charge in [-0.2, -0.15) is 11.1 Å². The molecule has 0 aliphatic rings. The van der Waals surface area contributed by atoms with Crippen molar-refractivity contribution in [1.29, 1.82) is 0 Å². The maximum absolute atomic E-state index is 6.47. The van der Waals surface area contributed by atoms with Crippen LogP contribution in [-0.4, -0.2) is 13.3 Å². The van der Waals surface area contributed by atoms with Crippen molar-refractivity contribution in [2.45, 2.75) is 44.8 Å². The molecule has 0 aromatic rings. The average molecular weight is 213 g/mol. The van der Waals surface area contributed by atoms with Crippen LogP contribution in [0.3, 0.4) is 0 Å². The van der Waals surface area contributed by atoms with Gasteiger partial charge in [-0.25, -0.2) is 0 Å². The van der Waals surface area contributed by atoms with Gasteiger partial charge in [-0.05, 0) is 17.5 Å². The molecule has 1 unspecified atom stereocenters. The topological polar surface area (TPSA) is 0 Å². The Hall–Kier alpha value is 0.797. The lowest BCUT2D eigenvalue weighted by Gasteiger charge is -2.33. The molecule has 0 N–H and O–H groups in total. The highest BCUT2D eigenvalue weighted by atomic mass is 35.6. The summed E-state index contributed by atoms with van der Waals surface area (Å²) in [5.41, 5.74) is 0. The van der Waals surface area contributed by atoms with Gasteiger partial charge in [-0.3, -0.25) is 0 Å². The maximum atomic E-state index is 6.47. The Morgan fingerprint density at radius 3 is 2.00 bits per heavy atom. The number of halogens is 2. The van der Waals surface area contributed by atoms with E-state index in [1.807, 2.05) is 0 Å². The second-order valence-electron chi connectivity index (χ2n) is 4.24. The molecule has 0 heterocycles. The van der Waals surface area contributed by atoms with E-state index in [1.165, 1.54) is 0 Å². The van der Waals surface area contributed by atoms with Crippen LogP contribution >= 0.6 is 22.7 Å². The molecule has 0 aliphatic carbocycles. The fourth-order valence-corrected chi connectivity index (χ4v) is 3.12. The van der Waals surface area contributed by atoms with Crippen LogP contribution in [0.1, 0.15) is 27.2 Å². The molecule has 0 amide bonds. The quantitative estimate of drug-likeness (QED) is 0.374. The van der Waals surface area contributed by atoms with Gasteiger partial charge in [0, 0.05) is 5.88 Å². The van der Waals surface area contributed by atoms with Crippen LogP contribution < -0.4 is 0 Å². The van der Waals surface area contributed by atoms with Crippen molar-refractivity contribution in [2.75, 3.05) is 5.88 Å². The molecule has 11 heavy (non-hydrogen) atoms. The lowest BCUT2D eigenvalue weighted by molar-refractivity contribution is 0.722. The van der Waals surface area contributed by atoms with Crippen molar-refractivity contribution in [3.05, 3.63) is 0 Å². The van der Waals surface area contributed by atoms with E-state index in [4.69, 9.17) is 22.7 Å². The molecule has 0 aromatic carbocycles. The molecule has 3 heteroatoms. The summed E-state index contributed by atoms with van der Waals surface area (Å²) in [5.74, 6) is 0.741. The van der Waals surface area contributed by atoms with Crippen molar-refractivity contribution in [3.8, 4) is 0 Å². The molecular weight excluding hydrogens is 195 g/mol. The van der Waals surface area contributed by atoms with Gasteiger partial charge >= 0.3 is 0 Å². The Labute approximate surface area is 81.0 Å². The van der Waals surface area contributed by atoms with E-state index in [0.717, 1.165) is 18.3 Å². The highest BCUT2D eigenvalue weighted by Gasteiger charge is 2.37. The van der Waals surface area contributed by atoms with Gasteiger partial charge in [0.2, 0.25) is 0 Å². The Morgan fingerprint density at radius 2 is 1.73 bits per heavy atom. The molecule has 0 spiro atoms. The fraction of sp³-hybridized carbons (Fsp3) is 1.00. The Kier molecular flexibility index (Phi) is 4.45. The van der Waals surface area contributed by atoms with Gasteiger partial charge in [-0.1, -0.05) is 27.3 Å². The van der Waals surface area contributed by atoms with E-state index in [9.17, 15) is 0 Å². The highest BCUT2D eigenvalue weighted by Crippen LogP contribution is 2.42. The van der Waals surface area contributed by atoms with Gasteiger partial charge < -0.3 is 0 Å². The molecule has 0 radical (unpaired) electrons. The lowest BCUT2D eigenvalue weighted by atomic mass is 10.2. The first kappa shape index (κ1) is 11.8. The van der Waals surface area contributed by atoms with Gasteiger partial charge in [0.25, 0.3) is 0 Å². The van der Waals surface area contributed by atoms with Crippen molar-refractivity contribution in [3.63, 3.8) is 0 Å². The largest absolute Gasteiger partial charge is 0.167 e. The third-order valence-corrected chi connectivity index (χ3v) is 9.30. The maximum Gasteiger partial charge on any atom is 0.158 e. The Morgan fingerprint density at radius 1 is 1.27 bits per heavy atom. The van der Waals surface area contributed by atoms with Gasteiger partial charge in [0.15, 0.2) is 7.38 Å². The third-order valence-electron chi connectivity index (χ3n) is 2.34. The van der Waals surface area contributed by atoms with E-state index in [1.54, 1.807) is 0 Å². The summed E-state index contributed by atoms with van der Waals surface area (Å²) in [5, 5.41) is 0.292. The van der Waals surface area contributed by atoms with E-state index < -0.39 is 7.38 Å². The number of hydrogen-bond acceptors (Lipinski definition) is 0.